The molecule has 1 fully saturated rings. The van der Waals surface area contributed by atoms with Gasteiger partial charge in [0.05, 0.1) is 5.92 Å². The summed E-state index contributed by atoms with van der Waals surface area (Å²) in [4.78, 5) is 21.6. The summed E-state index contributed by atoms with van der Waals surface area (Å²) in [5.74, 6) is 0.238. The molecular weight excluding hydrogens is 230 g/mol. The smallest absolute Gasteiger partial charge is 0.306 e. The fraction of sp³-hybridized carbons (Fsp3) is 0.615. The monoisotopic (exact) mass is 249 g/mol. The first-order chi connectivity index (χ1) is 8.58. The van der Waals surface area contributed by atoms with E-state index in [9.17, 15) is 4.79 Å². The highest BCUT2D eigenvalue weighted by Crippen LogP contribution is 2.21. The van der Waals surface area contributed by atoms with Crippen LogP contribution in [0.25, 0.3) is 0 Å². The van der Waals surface area contributed by atoms with Gasteiger partial charge in [0.2, 0.25) is 5.95 Å². The van der Waals surface area contributed by atoms with E-state index in [1.165, 1.54) is 0 Å². The number of carbonyl (C=O) groups is 1. The molecule has 1 saturated heterocycles. The van der Waals surface area contributed by atoms with Gasteiger partial charge in [-0.25, -0.2) is 9.97 Å². The van der Waals surface area contributed by atoms with Crippen LogP contribution < -0.4 is 4.90 Å². The Morgan fingerprint density at radius 1 is 1.33 bits per heavy atom. The van der Waals surface area contributed by atoms with Crippen LogP contribution in [-0.4, -0.2) is 34.1 Å². The van der Waals surface area contributed by atoms with Gasteiger partial charge in [0.25, 0.3) is 0 Å². The second kappa shape index (κ2) is 5.33. The summed E-state index contributed by atoms with van der Waals surface area (Å²) in [5, 5.41) is 8.94. The third-order valence-corrected chi connectivity index (χ3v) is 3.45. The molecule has 1 aliphatic rings. The Morgan fingerprint density at radius 3 is 2.33 bits per heavy atom. The lowest BCUT2D eigenvalue weighted by Gasteiger charge is -2.30. The van der Waals surface area contributed by atoms with E-state index in [-0.39, 0.29) is 5.92 Å². The van der Waals surface area contributed by atoms with E-state index in [4.69, 9.17) is 5.11 Å². The van der Waals surface area contributed by atoms with E-state index in [2.05, 4.69) is 28.7 Å². The summed E-state index contributed by atoms with van der Waals surface area (Å²) in [5.41, 5.74) is 1.12. The zero-order chi connectivity index (χ0) is 13.1. The molecule has 0 atom stereocenters. The minimum Gasteiger partial charge on any atom is -0.481 e. The highest BCUT2D eigenvalue weighted by atomic mass is 16.4. The number of aliphatic carboxylic acids is 1. The van der Waals surface area contributed by atoms with Gasteiger partial charge in [-0.15, -0.1) is 0 Å². The number of piperidine rings is 1. The largest absolute Gasteiger partial charge is 0.481 e. The highest BCUT2D eigenvalue weighted by Gasteiger charge is 2.25. The van der Waals surface area contributed by atoms with Crippen molar-refractivity contribution in [2.75, 3.05) is 18.0 Å². The lowest BCUT2D eigenvalue weighted by Crippen LogP contribution is -2.37. The van der Waals surface area contributed by atoms with Crippen molar-refractivity contribution in [2.24, 2.45) is 5.92 Å². The van der Waals surface area contributed by atoms with Crippen molar-refractivity contribution in [3.05, 3.63) is 18.0 Å². The quantitative estimate of drug-likeness (QED) is 0.886. The molecule has 5 heteroatoms. The van der Waals surface area contributed by atoms with Crippen molar-refractivity contribution in [3.63, 3.8) is 0 Å². The first-order valence-corrected chi connectivity index (χ1v) is 6.37. The van der Waals surface area contributed by atoms with Crippen LogP contribution in [0.3, 0.4) is 0 Å². The van der Waals surface area contributed by atoms with Gasteiger partial charge in [0.1, 0.15) is 0 Å². The highest BCUT2D eigenvalue weighted by molar-refractivity contribution is 5.70. The number of hydrogen-bond acceptors (Lipinski definition) is 4. The van der Waals surface area contributed by atoms with Crippen molar-refractivity contribution in [1.29, 1.82) is 0 Å². The maximum atomic E-state index is 10.9. The molecule has 1 aliphatic heterocycles. The molecule has 98 valence electrons. The standard InChI is InChI=1S/C13H19N3O2/c1-9(2)11-7-14-13(15-8-11)16-5-3-10(4-6-16)12(17)18/h7-10H,3-6H2,1-2H3,(H,17,18). The SMILES string of the molecule is CC(C)c1cnc(N2CCC(C(=O)O)CC2)nc1. The third-order valence-electron chi connectivity index (χ3n) is 3.45. The van der Waals surface area contributed by atoms with E-state index >= 15 is 0 Å². The molecule has 0 radical (unpaired) electrons. The predicted octanol–water partition coefficient (Wildman–Crippen LogP) is 1.90. The maximum Gasteiger partial charge on any atom is 0.306 e. The molecule has 1 aromatic rings. The lowest BCUT2D eigenvalue weighted by atomic mass is 9.97. The van der Waals surface area contributed by atoms with Crippen LogP contribution in [0, 0.1) is 5.92 Å². The Bertz CT molecular complexity index is 409. The van der Waals surface area contributed by atoms with Crippen LogP contribution in [0.5, 0.6) is 0 Å². The van der Waals surface area contributed by atoms with Crippen molar-refractivity contribution >= 4 is 11.9 Å². The summed E-state index contributed by atoms with van der Waals surface area (Å²) in [7, 11) is 0. The summed E-state index contributed by atoms with van der Waals surface area (Å²) in [6, 6.07) is 0. The summed E-state index contributed by atoms with van der Waals surface area (Å²) >= 11 is 0. The van der Waals surface area contributed by atoms with Crippen molar-refractivity contribution in [1.82, 2.24) is 9.97 Å². The average molecular weight is 249 g/mol. The fourth-order valence-corrected chi connectivity index (χ4v) is 2.12. The molecule has 0 aliphatic carbocycles. The van der Waals surface area contributed by atoms with Crippen molar-refractivity contribution in [3.8, 4) is 0 Å². The van der Waals surface area contributed by atoms with Crippen LogP contribution in [0.4, 0.5) is 5.95 Å². The van der Waals surface area contributed by atoms with E-state index in [1.54, 1.807) is 0 Å². The van der Waals surface area contributed by atoms with Gasteiger partial charge in [-0.3, -0.25) is 4.79 Å². The minimum absolute atomic E-state index is 0.212. The molecule has 0 amide bonds. The van der Waals surface area contributed by atoms with Gasteiger partial charge in [-0.2, -0.15) is 0 Å². The number of anilines is 1. The number of hydrogen-bond donors (Lipinski definition) is 1. The second-order valence-electron chi connectivity index (χ2n) is 5.07. The Morgan fingerprint density at radius 2 is 1.89 bits per heavy atom. The van der Waals surface area contributed by atoms with E-state index in [1.807, 2.05) is 12.4 Å². The van der Waals surface area contributed by atoms with Crippen LogP contribution in [0.2, 0.25) is 0 Å². The van der Waals surface area contributed by atoms with Gasteiger partial charge in [-0.05, 0) is 24.3 Å². The molecule has 0 aromatic carbocycles. The molecule has 18 heavy (non-hydrogen) atoms. The van der Waals surface area contributed by atoms with Crippen LogP contribution in [0.1, 0.15) is 38.2 Å². The van der Waals surface area contributed by atoms with Gasteiger partial charge in [0, 0.05) is 25.5 Å². The molecular formula is C13H19N3O2. The summed E-state index contributed by atoms with van der Waals surface area (Å²) in [6.07, 6.45) is 5.06. The number of carboxylic acids is 1. The maximum absolute atomic E-state index is 10.9. The Balaban J connectivity index is 1.99. The van der Waals surface area contributed by atoms with E-state index < -0.39 is 5.97 Å². The van der Waals surface area contributed by atoms with Gasteiger partial charge >= 0.3 is 5.97 Å². The molecule has 2 heterocycles. The molecule has 0 bridgehead atoms. The zero-order valence-corrected chi connectivity index (χ0v) is 10.8. The number of carboxylic acid groups (broad SMARTS) is 1. The Kier molecular flexibility index (Phi) is 3.79. The Hall–Kier alpha value is -1.65. The second-order valence-corrected chi connectivity index (χ2v) is 5.07. The van der Waals surface area contributed by atoms with Gasteiger partial charge in [0.15, 0.2) is 0 Å². The number of aromatic nitrogens is 2. The van der Waals surface area contributed by atoms with Crippen molar-refractivity contribution < 1.29 is 9.90 Å². The normalized spacial score (nSPS) is 17.2. The number of rotatable bonds is 3. The van der Waals surface area contributed by atoms with E-state index in [0.717, 1.165) is 18.7 Å². The fourth-order valence-electron chi connectivity index (χ4n) is 2.12. The van der Waals surface area contributed by atoms with E-state index in [0.29, 0.717) is 24.7 Å². The lowest BCUT2D eigenvalue weighted by molar-refractivity contribution is -0.142. The topological polar surface area (TPSA) is 66.3 Å². The molecule has 2 rings (SSSR count). The molecule has 0 unspecified atom stereocenters. The molecule has 1 N–H and O–H groups in total. The summed E-state index contributed by atoms with van der Waals surface area (Å²) in [6.45, 7) is 5.66. The average Bonchev–Trinajstić information content (AvgIpc) is 2.39. The molecule has 5 nitrogen and oxygen atoms in total. The molecule has 0 saturated carbocycles. The minimum atomic E-state index is -0.689. The van der Waals surface area contributed by atoms with Crippen LogP contribution in [-0.2, 0) is 4.79 Å². The van der Waals surface area contributed by atoms with Gasteiger partial charge < -0.3 is 10.0 Å². The first-order valence-electron chi connectivity index (χ1n) is 6.37. The van der Waals surface area contributed by atoms with Crippen molar-refractivity contribution in [2.45, 2.75) is 32.6 Å². The predicted molar refractivity (Wildman–Crippen MR) is 68.7 cm³/mol. The van der Waals surface area contributed by atoms with Crippen LogP contribution in [0.15, 0.2) is 12.4 Å². The molecule has 0 spiro atoms. The third kappa shape index (κ3) is 2.78. The first kappa shape index (κ1) is 12.8. The summed E-state index contributed by atoms with van der Waals surface area (Å²) < 4.78 is 0. The number of nitrogens with zero attached hydrogens (tertiary/aromatic N) is 3. The Labute approximate surface area is 107 Å². The van der Waals surface area contributed by atoms with Crippen LogP contribution >= 0.6 is 0 Å². The molecule has 1 aromatic heterocycles. The zero-order valence-electron chi connectivity index (χ0n) is 10.8. The van der Waals surface area contributed by atoms with Gasteiger partial charge in [-0.1, -0.05) is 13.8 Å².